The monoisotopic (exact) mass is 468 g/mol. The number of rotatable bonds is 9. The van der Waals surface area contributed by atoms with Gasteiger partial charge in [0.2, 0.25) is 0 Å². The second kappa shape index (κ2) is 12.9. The number of fused-ring (bicyclic) bond motifs is 1. The van der Waals surface area contributed by atoms with Crippen molar-refractivity contribution < 1.29 is 4.39 Å². The minimum atomic E-state index is -0.197. The van der Waals surface area contributed by atoms with E-state index >= 15 is 4.39 Å². The summed E-state index contributed by atoms with van der Waals surface area (Å²) in [5, 5.41) is 1.67. The Hall–Kier alpha value is -2.59. The summed E-state index contributed by atoms with van der Waals surface area (Å²) in [6.07, 6.45) is 15.5. The highest BCUT2D eigenvalue weighted by Gasteiger charge is 2.22. The van der Waals surface area contributed by atoms with Crippen LogP contribution in [0.4, 0.5) is 4.39 Å². The lowest BCUT2D eigenvalue weighted by Gasteiger charge is -2.29. The van der Waals surface area contributed by atoms with Crippen LogP contribution in [-0.4, -0.2) is 0 Å². The first-order valence-corrected chi connectivity index (χ1v) is 14.0. The minimum absolute atomic E-state index is 0.197. The van der Waals surface area contributed by atoms with Crippen LogP contribution in [0, 0.1) is 23.6 Å². The fourth-order valence-electron chi connectivity index (χ4n) is 5.59. The molecule has 1 aliphatic carbocycles. The first kappa shape index (κ1) is 25.5. The van der Waals surface area contributed by atoms with E-state index in [0.29, 0.717) is 16.9 Å². The highest BCUT2D eigenvalue weighted by molar-refractivity contribution is 5.85. The summed E-state index contributed by atoms with van der Waals surface area (Å²) < 4.78 is 15.3. The Bertz CT molecular complexity index is 1140. The Kier molecular flexibility index (Phi) is 9.42. The molecule has 1 heteroatoms. The van der Waals surface area contributed by atoms with E-state index in [1.165, 1.54) is 81.8 Å². The molecule has 3 aromatic rings. The summed E-state index contributed by atoms with van der Waals surface area (Å²) >= 11 is 0. The maximum atomic E-state index is 15.3. The van der Waals surface area contributed by atoms with Crippen LogP contribution >= 0.6 is 0 Å². The summed E-state index contributed by atoms with van der Waals surface area (Å²) in [6.45, 7) is 4.52. The largest absolute Gasteiger partial charge is 0.205 e. The molecule has 0 bridgehead atoms. The molecule has 0 unspecified atom stereocenters. The topological polar surface area (TPSA) is 0 Å². The van der Waals surface area contributed by atoms with Crippen molar-refractivity contribution in [1.29, 1.82) is 0 Å². The number of halogens is 1. The van der Waals surface area contributed by atoms with Crippen LogP contribution in [0.2, 0.25) is 0 Å². The van der Waals surface area contributed by atoms with Crippen LogP contribution in [0.5, 0.6) is 0 Å². The van der Waals surface area contributed by atoms with E-state index in [9.17, 15) is 0 Å². The number of unbranched alkanes of at least 4 members (excludes halogenated alkanes) is 4. The van der Waals surface area contributed by atoms with Gasteiger partial charge in [0.05, 0.1) is 5.56 Å². The Morgan fingerprint density at radius 1 is 0.771 bits per heavy atom. The van der Waals surface area contributed by atoms with Crippen LogP contribution in [0.1, 0.15) is 113 Å². The molecular formula is C34H41F. The van der Waals surface area contributed by atoms with Crippen molar-refractivity contribution in [3.05, 3.63) is 82.7 Å². The number of aryl methyl sites for hydroxylation is 1. The van der Waals surface area contributed by atoms with E-state index in [1.54, 1.807) is 0 Å². The Balaban J connectivity index is 1.41. The van der Waals surface area contributed by atoms with Crippen molar-refractivity contribution in [3.63, 3.8) is 0 Å². The van der Waals surface area contributed by atoms with Gasteiger partial charge in [0.15, 0.2) is 0 Å². The maximum absolute atomic E-state index is 15.3. The van der Waals surface area contributed by atoms with Gasteiger partial charge in [-0.05, 0) is 85.1 Å². The van der Waals surface area contributed by atoms with Crippen molar-refractivity contribution in [2.75, 3.05) is 0 Å². The third kappa shape index (κ3) is 6.98. The second-order valence-electron chi connectivity index (χ2n) is 10.5. The van der Waals surface area contributed by atoms with E-state index in [2.05, 4.69) is 62.1 Å². The molecule has 4 rings (SSSR count). The van der Waals surface area contributed by atoms with Crippen LogP contribution in [-0.2, 0) is 6.42 Å². The van der Waals surface area contributed by atoms with E-state index in [1.807, 2.05) is 18.2 Å². The molecule has 184 valence electrons. The molecule has 1 fully saturated rings. The van der Waals surface area contributed by atoms with E-state index in [-0.39, 0.29) is 5.82 Å². The predicted octanol–water partition coefficient (Wildman–Crippen LogP) is 9.97. The molecule has 0 spiro atoms. The SMILES string of the molecule is CCCCCCc1ccc(C#Cc2ccc3cc(C4CCC(CCCC)CC4)ccc3c2F)cc1. The molecule has 0 nitrogen and oxygen atoms in total. The molecule has 35 heavy (non-hydrogen) atoms. The van der Waals surface area contributed by atoms with Gasteiger partial charge in [0, 0.05) is 10.9 Å². The molecule has 0 heterocycles. The van der Waals surface area contributed by atoms with Crippen molar-refractivity contribution >= 4 is 10.8 Å². The van der Waals surface area contributed by atoms with Crippen molar-refractivity contribution in [1.82, 2.24) is 0 Å². The van der Waals surface area contributed by atoms with Gasteiger partial charge in [-0.15, -0.1) is 0 Å². The van der Waals surface area contributed by atoms with Crippen molar-refractivity contribution in [2.45, 2.75) is 96.8 Å². The fraction of sp³-hybridized carbons (Fsp3) is 0.471. The van der Waals surface area contributed by atoms with Gasteiger partial charge in [-0.3, -0.25) is 0 Å². The number of benzene rings is 3. The molecule has 0 N–H and O–H groups in total. The van der Waals surface area contributed by atoms with Crippen LogP contribution in [0.25, 0.3) is 10.8 Å². The highest BCUT2D eigenvalue weighted by atomic mass is 19.1. The summed E-state index contributed by atoms with van der Waals surface area (Å²) in [7, 11) is 0. The summed E-state index contributed by atoms with van der Waals surface area (Å²) in [4.78, 5) is 0. The summed E-state index contributed by atoms with van der Waals surface area (Å²) in [5.41, 5.74) is 4.14. The van der Waals surface area contributed by atoms with Gasteiger partial charge in [0.25, 0.3) is 0 Å². The standard InChI is InChI=1S/C34H41F/c1-3-5-7-8-10-27-11-13-28(14-12-27)17-20-30-21-22-32-25-31(23-24-33(32)34(30)35)29-18-15-26(16-19-29)9-6-4-2/h11-14,21-26,29H,3-10,15-16,18-19H2,1-2H3. The molecule has 1 saturated carbocycles. The quantitative estimate of drug-likeness (QED) is 0.216. The Morgan fingerprint density at radius 3 is 2.29 bits per heavy atom. The lowest BCUT2D eigenvalue weighted by Crippen LogP contribution is -2.13. The van der Waals surface area contributed by atoms with Crippen LogP contribution in [0.3, 0.4) is 0 Å². The normalized spacial score (nSPS) is 17.8. The molecular weight excluding hydrogens is 427 g/mol. The Morgan fingerprint density at radius 2 is 1.54 bits per heavy atom. The van der Waals surface area contributed by atoms with Gasteiger partial charge in [-0.25, -0.2) is 4.39 Å². The van der Waals surface area contributed by atoms with Crippen LogP contribution in [0.15, 0.2) is 54.6 Å². The molecule has 0 aromatic heterocycles. The van der Waals surface area contributed by atoms with Gasteiger partial charge in [0.1, 0.15) is 5.82 Å². The summed E-state index contributed by atoms with van der Waals surface area (Å²) in [5.74, 6) is 7.57. The number of hydrogen-bond acceptors (Lipinski definition) is 0. The van der Waals surface area contributed by atoms with Gasteiger partial charge in [-0.1, -0.05) is 101 Å². The lowest BCUT2D eigenvalue weighted by molar-refractivity contribution is 0.304. The zero-order valence-electron chi connectivity index (χ0n) is 21.7. The molecule has 3 aromatic carbocycles. The molecule has 0 saturated heterocycles. The van der Waals surface area contributed by atoms with Gasteiger partial charge < -0.3 is 0 Å². The summed E-state index contributed by atoms with van der Waals surface area (Å²) in [6, 6.07) is 18.7. The third-order valence-corrected chi connectivity index (χ3v) is 7.88. The molecule has 0 radical (unpaired) electrons. The zero-order chi connectivity index (χ0) is 24.5. The molecule has 1 aliphatic rings. The lowest BCUT2D eigenvalue weighted by atomic mass is 9.77. The van der Waals surface area contributed by atoms with Crippen LogP contribution < -0.4 is 0 Å². The van der Waals surface area contributed by atoms with Gasteiger partial charge >= 0.3 is 0 Å². The first-order chi connectivity index (χ1) is 17.2. The third-order valence-electron chi connectivity index (χ3n) is 7.88. The number of hydrogen-bond donors (Lipinski definition) is 0. The average Bonchev–Trinajstić information content (AvgIpc) is 2.90. The molecule has 0 atom stereocenters. The fourth-order valence-corrected chi connectivity index (χ4v) is 5.59. The molecule has 0 aliphatic heterocycles. The average molecular weight is 469 g/mol. The highest BCUT2D eigenvalue weighted by Crippen LogP contribution is 2.38. The molecule has 0 amide bonds. The minimum Gasteiger partial charge on any atom is -0.205 e. The maximum Gasteiger partial charge on any atom is 0.146 e. The van der Waals surface area contributed by atoms with E-state index < -0.39 is 0 Å². The smallest absolute Gasteiger partial charge is 0.146 e. The predicted molar refractivity (Wildman–Crippen MR) is 148 cm³/mol. The van der Waals surface area contributed by atoms with Crippen molar-refractivity contribution in [2.24, 2.45) is 5.92 Å². The van der Waals surface area contributed by atoms with E-state index in [4.69, 9.17) is 0 Å². The second-order valence-corrected chi connectivity index (χ2v) is 10.5. The Labute approximate surface area is 212 Å². The van der Waals surface area contributed by atoms with Crippen molar-refractivity contribution in [3.8, 4) is 11.8 Å². The first-order valence-electron chi connectivity index (χ1n) is 14.0. The zero-order valence-corrected chi connectivity index (χ0v) is 21.7. The van der Waals surface area contributed by atoms with Gasteiger partial charge in [-0.2, -0.15) is 0 Å². The van der Waals surface area contributed by atoms with E-state index in [0.717, 1.165) is 23.3 Å².